The van der Waals surface area contributed by atoms with Crippen molar-refractivity contribution in [2.75, 3.05) is 13.1 Å². The molecule has 0 saturated heterocycles. The number of nitrogens with zero attached hydrogens (tertiary/aromatic N) is 3. The highest BCUT2D eigenvalue weighted by Gasteiger charge is 2.13. The van der Waals surface area contributed by atoms with Crippen molar-refractivity contribution < 1.29 is 4.79 Å². The monoisotopic (exact) mass is 304 g/mol. The van der Waals surface area contributed by atoms with Crippen molar-refractivity contribution in [3.63, 3.8) is 0 Å². The summed E-state index contributed by atoms with van der Waals surface area (Å²) in [5, 5.41) is 7.08. The van der Waals surface area contributed by atoms with Crippen LogP contribution in [0.25, 0.3) is 11.4 Å². The van der Waals surface area contributed by atoms with Gasteiger partial charge in [0.15, 0.2) is 10.6 Å². The third kappa shape index (κ3) is 3.58. The summed E-state index contributed by atoms with van der Waals surface area (Å²) in [6.45, 7) is 5.98. The van der Waals surface area contributed by atoms with Gasteiger partial charge in [-0.25, -0.2) is 0 Å². The van der Waals surface area contributed by atoms with E-state index in [2.05, 4.69) is 10.2 Å². The van der Waals surface area contributed by atoms with Crippen molar-refractivity contribution in [3.8, 4) is 11.4 Å². The molecule has 1 heterocycles. The summed E-state index contributed by atoms with van der Waals surface area (Å²) in [5.74, 6) is 0.912. The van der Waals surface area contributed by atoms with Crippen molar-refractivity contribution >= 4 is 18.1 Å². The zero-order chi connectivity index (χ0) is 15.2. The maximum atomic E-state index is 12.1. The molecule has 112 valence electrons. The van der Waals surface area contributed by atoms with Crippen molar-refractivity contribution in [1.82, 2.24) is 19.7 Å². The number of rotatable bonds is 6. The molecule has 0 aliphatic carbocycles. The number of carbonyl (C=O) groups excluding carboxylic acids is 1. The fourth-order valence-electron chi connectivity index (χ4n) is 2.27. The summed E-state index contributed by atoms with van der Waals surface area (Å²) >= 11 is 5.27. The Kier molecular flexibility index (Phi) is 5.27. The molecule has 1 N–H and O–H groups in total. The summed E-state index contributed by atoms with van der Waals surface area (Å²) in [6.07, 6.45) is 0.426. The largest absolute Gasteiger partial charge is 0.343 e. The number of benzene rings is 1. The van der Waals surface area contributed by atoms with Gasteiger partial charge >= 0.3 is 0 Å². The van der Waals surface area contributed by atoms with Crippen LogP contribution in [0.15, 0.2) is 30.3 Å². The first kappa shape index (κ1) is 15.4. The molecular formula is C15H20N4OS. The molecule has 0 saturated carbocycles. The standard InChI is InChI=1S/C15H20N4OS/c1-3-18(4-2)13(20)10-11-19-14(16-17-15(19)21)12-8-6-5-7-9-12/h5-9H,3-4,10-11H2,1-2H3,(H,17,21). The van der Waals surface area contributed by atoms with Gasteiger partial charge in [-0.15, -0.1) is 0 Å². The number of aromatic nitrogens is 3. The first-order valence-corrected chi connectivity index (χ1v) is 7.56. The van der Waals surface area contributed by atoms with Gasteiger partial charge in [0.05, 0.1) is 0 Å². The third-order valence-electron chi connectivity index (χ3n) is 3.46. The SMILES string of the molecule is CCN(CC)C(=O)CCn1c(-c2ccccc2)n[nH]c1=S. The highest BCUT2D eigenvalue weighted by atomic mass is 32.1. The van der Waals surface area contributed by atoms with Crippen LogP contribution in [0.1, 0.15) is 20.3 Å². The van der Waals surface area contributed by atoms with Gasteiger partial charge in [-0.2, -0.15) is 5.10 Å². The van der Waals surface area contributed by atoms with Gasteiger partial charge < -0.3 is 4.90 Å². The van der Waals surface area contributed by atoms with E-state index >= 15 is 0 Å². The minimum absolute atomic E-state index is 0.141. The minimum Gasteiger partial charge on any atom is -0.343 e. The van der Waals surface area contributed by atoms with Gasteiger partial charge in [0.2, 0.25) is 5.91 Å². The summed E-state index contributed by atoms with van der Waals surface area (Å²) in [7, 11) is 0. The lowest BCUT2D eigenvalue weighted by molar-refractivity contribution is -0.131. The molecule has 0 atom stereocenters. The molecule has 0 bridgehead atoms. The molecule has 0 unspecified atom stereocenters. The second-order valence-corrected chi connectivity index (χ2v) is 5.07. The normalized spacial score (nSPS) is 10.6. The van der Waals surface area contributed by atoms with Gasteiger partial charge in [0.1, 0.15) is 0 Å². The van der Waals surface area contributed by atoms with E-state index < -0.39 is 0 Å². The van der Waals surface area contributed by atoms with Gasteiger partial charge in [-0.1, -0.05) is 30.3 Å². The number of aromatic amines is 1. The highest BCUT2D eigenvalue weighted by Crippen LogP contribution is 2.17. The van der Waals surface area contributed by atoms with E-state index in [1.54, 1.807) is 0 Å². The highest BCUT2D eigenvalue weighted by molar-refractivity contribution is 7.71. The maximum Gasteiger partial charge on any atom is 0.224 e. The Hall–Kier alpha value is -1.95. The van der Waals surface area contributed by atoms with E-state index in [4.69, 9.17) is 12.2 Å². The predicted octanol–water partition coefficient (Wildman–Crippen LogP) is 2.87. The fraction of sp³-hybridized carbons (Fsp3) is 0.400. The van der Waals surface area contributed by atoms with Gasteiger partial charge in [-0.05, 0) is 26.1 Å². The number of nitrogens with one attached hydrogen (secondary N) is 1. The molecule has 21 heavy (non-hydrogen) atoms. The lowest BCUT2D eigenvalue weighted by Crippen LogP contribution is -2.31. The zero-order valence-corrected chi connectivity index (χ0v) is 13.2. The average Bonchev–Trinajstić information content (AvgIpc) is 2.88. The minimum atomic E-state index is 0.141. The summed E-state index contributed by atoms with van der Waals surface area (Å²) in [4.78, 5) is 13.9. The molecule has 5 nitrogen and oxygen atoms in total. The van der Waals surface area contributed by atoms with Gasteiger partial charge in [0, 0.05) is 31.6 Å². The molecule has 0 spiro atoms. The first-order valence-electron chi connectivity index (χ1n) is 7.15. The quantitative estimate of drug-likeness (QED) is 0.835. The lowest BCUT2D eigenvalue weighted by Gasteiger charge is -2.18. The molecule has 1 amide bonds. The van der Waals surface area contributed by atoms with Crippen molar-refractivity contribution in [3.05, 3.63) is 35.1 Å². The van der Waals surface area contributed by atoms with Crippen LogP contribution in [0.5, 0.6) is 0 Å². The Morgan fingerprint density at radius 1 is 1.29 bits per heavy atom. The van der Waals surface area contributed by atoms with E-state index in [9.17, 15) is 4.79 Å². The number of hydrogen-bond donors (Lipinski definition) is 1. The Bertz CT molecular complexity index is 643. The number of amides is 1. The van der Waals surface area contributed by atoms with Crippen LogP contribution >= 0.6 is 12.2 Å². The van der Waals surface area contributed by atoms with Crippen molar-refractivity contribution in [2.24, 2.45) is 0 Å². The second-order valence-electron chi connectivity index (χ2n) is 4.69. The number of hydrogen-bond acceptors (Lipinski definition) is 3. The molecule has 1 aromatic carbocycles. The average molecular weight is 304 g/mol. The number of H-pyrrole nitrogens is 1. The van der Waals surface area contributed by atoms with Crippen LogP contribution in [-0.4, -0.2) is 38.7 Å². The van der Waals surface area contributed by atoms with E-state index in [-0.39, 0.29) is 5.91 Å². The van der Waals surface area contributed by atoms with Gasteiger partial charge in [0.25, 0.3) is 0 Å². The Labute approximate surface area is 129 Å². The van der Waals surface area contributed by atoms with Crippen LogP contribution in [0, 0.1) is 4.77 Å². The first-order chi connectivity index (χ1) is 10.2. The maximum absolute atomic E-state index is 12.1. The van der Waals surface area contributed by atoms with Gasteiger partial charge in [-0.3, -0.25) is 14.5 Å². The second kappa shape index (κ2) is 7.17. The molecule has 0 radical (unpaired) electrons. The van der Waals surface area contributed by atoms with Crippen LogP contribution in [0.2, 0.25) is 0 Å². The summed E-state index contributed by atoms with van der Waals surface area (Å²) in [5.41, 5.74) is 0.986. The molecule has 6 heteroatoms. The number of carbonyl (C=O) groups is 1. The zero-order valence-electron chi connectivity index (χ0n) is 12.4. The fourth-order valence-corrected chi connectivity index (χ4v) is 2.50. The van der Waals surface area contributed by atoms with E-state index in [0.29, 0.717) is 17.7 Å². The smallest absolute Gasteiger partial charge is 0.224 e. The van der Waals surface area contributed by atoms with Crippen molar-refractivity contribution in [1.29, 1.82) is 0 Å². The Morgan fingerprint density at radius 3 is 2.57 bits per heavy atom. The summed E-state index contributed by atoms with van der Waals surface area (Å²) in [6, 6.07) is 9.83. The lowest BCUT2D eigenvalue weighted by atomic mass is 10.2. The van der Waals surface area contributed by atoms with Crippen LogP contribution in [0.4, 0.5) is 0 Å². The van der Waals surface area contributed by atoms with E-state index in [1.807, 2.05) is 53.6 Å². The predicted molar refractivity (Wildman–Crippen MR) is 85.4 cm³/mol. The van der Waals surface area contributed by atoms with E-state index in [1.165, 1.54) is 0 Å². The topological polar surface area (TPSA) is 53.9 Å². The van der Waals surface area contributed by atoms with Crippen molar-refractivity contribution in [2.45, 2.75) is 26.8 Å². The molecule has 0 aliphatic heterocycles. The van der Waals surface area contributed by atoms with Crippen LogP contribution in [0.3, 0.4) is 0 Å². The third-order valence-corrected chi connectivity index (χ3v) is 3.77. The Morgan fingerprint density at radius 2 is 1.95 bits per heavy atom. The van der Waals surface area contributed by atoms with E-state index in [0.717, 1.165) is 24.5 Å². The van der Waals surface area contributed by atoms with Crippen LogP contribution < -0.4 is 0 Å². The molecule has 0 fully saturated rings. The Balaban J connectivity index is 2.16. The molecular weight excluding hydrogens is 284 g/mol. The molecule has 0 aliphatic rings. The molecule has 1 aromatic heterocycles. The molecule has 2 aromatic rings. The summed E-state index contributed by atoms with van der Waals surface area (Å²) < 4.78 is 2.42. The van der Waals surface area contributed by atoms with Crippen LogP contribution in [-0.2, 0) is 11.3 Å². The molecule has 2 rings (SSSR count).